The molecule has 1 aliphatic heterocycles. The first kappa shape index (κ1) is 52.1. The molecule has 0 radical (unpaired) electrons. The lowest BCUT2D eigenvalue weighted by atomic mass is 9.85. The van der Waals surface area contributed by atoms with Crippen molar-refractivity contribution in [1.82, 2.24) is 25.3 Å². The molecule has 0 saturated carbocycles. The number of hydrogen-bond donors (Lipinski definition) is 3. The molecule has 3 N–H and O–H groups in total. The Kier molecular flexibility index (Phi) is 19.8. The van der Waals surface area contributed by atoms with Crippen molar-refractivity contribution in [3.05, 3.63) is 42.0 Å². The lowest BCUT2D eigenvalue weighted by Gasteiger charge is -2.43. The van der Waals surface area contributed by atoms with E-state index in [0.717, 1.165) is 11.6 Å². The van der Waals surface area contributed by atoms with Crippen molar-refractivity contribution in [2.75, 3.05) is 26.0 Å². The molecule has 1 fully saturated rings. The van der Waals surface area contributed by atoms with Crippen LogP contribution in [-0.4, -0.2) is 106 Å². The van der Waals surface area contributed by atoms with Gasteiger partial charge in [-0.2, -0.15) is 0 Å². The van der Waals surface area contributed by atoms with E-state index < -0.39 is 40.9 Å². The Morgan fingerprint density at radius 1 is 0.902 bits per heavy atom. The Morgan fingerprint density at radius 2 is 1.54 bits per heavy atom. The summed E-state index contributed by atoms with van der Waals surface area (Å²) in [6.07, 6.45) is 4.77. The number of carbonyl (C=O) groups is 8. The third-order valence-electron chi connectivity index (χ3n) is 12.5. The van der Waals surface area contributed by atoms with Crippen molar-refractivity contribution < 1.29 is 43.1 Å². The van der Waals surface area contributed by atoms with Crippen LogP contribution in [0.1, 0.15) is 132 Å². The maximum atomic E-state index is 13.8. The van der Waals surface area contributed by atoms with Gasteiger partial charge in [0.25, 0.3) is 0 Å². The lowest BCUT2D eigenvalue weighted by Crippen LogP contribution is -2.54. The first-order chi connectivity index (χ1) is 28.4. The Bertz CT molecular complexity index is 1780. The lowest BCUT2D eigenvalue weighted by molar-refractivity contribution is -0.142. The Morgan fingerprint density at radius 3 is 2.08 bits per heavy atom. The highest BCUT2D eigenvalue weighted by atomic mass is 16.5. The van der Waals surface area contributed by atoms with Crippen molar-refractivity contribution in [1.29, 1.82) is 0 Å². The van der Waals surface area contributed by atoms with E-state index in [1.165, 1.54) is 18.7 Å². The van der Waals surface area contributed by atoms with Gasteiger partial charge in [-0.15, -0.1) is 0 Å². The molecule has 61 heavy (non-hydrogen) atoms. The van der Waals surface area contributed by atoms with Crippen molar-refractivity contribution in [2.45, 2.75) is 157 Å². The van der Waals surface area contributed by atoms with Gasteiger partial charge in [-0.1, -0.05) is 60.6 Å². The highest BCUT2D eigenvalue weighted by Crippen LogP contribution is 2.31. The molecule has 3 unspecified atom stereocenters. The van der Waals surface area contributed by atoms with Crippen molar-refractivity contribution in [3.63, 3.8) is 0 Å². The molecule has 15 nitrogen and oxygen atoms in total. The largest absolute Gasteiger partial charge is 0.458 e. The van der Waals surface area contributed by atoms with Crippen molar-refractivity contribution >= 4 is 53.0 Å². The predicted octanol–water partition coefficient (Wildman–Crippen LogP) is 5.30. The van der Waals surface area contributed by atoms with E-state index in [-0.39, 0.29) is 73.2 Å². The normalized spacial score (nSPS) is 16.9. The molecule has 1 heterocycles. The van der Waals surface area contributed by atoms with Gasteiger partial charge in [0.15, 0.2) is 0 Å². The van der Waals surface area contributed by atoms with Gasteiger partial charge in [0.1, 0.15) is 18.7 Å². The number of nitrogens with one attached hydrogen (secondary N) is 3. The smallest absolute Gasteiger partial charge is 0.330 e. The second kappa shape index (κ2) is 23.2. The quantitative estimate of drug-likeness (QED) is 0.0536. The summed E-state index contributed by atoms with van der Waals surface area (Å²) in [5.74, 6) is -2.96. The Balaban J connectivity index is 2.13. The van der Waals surface area contributed by atoms with Crippen LogP contribution < -0.4 is 16.0 Å². The van der Waals surface area contributed by atoms with Crippen LogP contribution in [0.15, 0.2) is 30.9 Å². The SMILES string of the molecule is C=CC(=O)OCc1ccc(NC(=O)[C@H](C)NC(=O)[C@@H](NC(=O)CCCCCN2C(=O)CC(C(C)C)C2=O)C(C)C)cc1CC(C)(CC)N(C)C(=O)CC(C)(CC)N(C)C(C)=O. The highest BCUT2D eigenvalue weighted by molar-refractivity contribution is 6.03. The first-order valence-corrected chi connectivity index (χ1v) is 21.6. The minimum absolute atomic E-state index is 0.0720. The number of imide groups is 1. The third kappa shape index (κ3) is 14.5. The molecule has 0 aliphatic carbocycles. The van der Waals surface area contributed by atoms with Crippen LogP contribution in [-0.2, 0) is 56.1 Å². The van der Waals surface area contributed by atoms with E-state index in [9.17, 15) is 38.4 Å². The van der Waals surface area contributed by atoms with Gasteiger partial charge in [0.2, 0.25) is 41.4 Å². The van der Waals surface area contributed by atoms with Gasteiger partial charge in [-0.3, -0.25) is 38.5 Å². The topological polar surface area (TPSA) is 192 Å². The third-order valence-corrected chi connectivity index (χ3v) is 12.5. The number of nitrogens with zero attached hydrogens (tertiary/aromatic N) is 3. The van der Waals surface area contributed by atoms with Gasteiger partial charge in [-0.25, -0.2) is 4.79 Å². The number of ether oxygens (including phenoxy) is 1. The van der Waals surface area contributed by atoms with E-state index in [4.69, 9.17) is 4.74 Å². The average Bonchev–Trinajstić information content (AvgIpc) is 3.50. The number of benzene rings is 1. The van der Waals surface area contributed by atoms with Gasteiger partial charge < -0.3 is 30.5 Å². The summed E-state index contributed by atoms with van der Waals surface area (Å²) >= 11 is 0. The van der Waals surface area contributed by atoms with E-state index in [1.54, 1.807) is 55.9 Å². The summed E-state index contributed by atoms with van der Waals surface area (Å²) in [5.41, 5.74) is 0.392. The first-order valence-electron chi connectivity index (χ1n) is 21.6. The van der Waals surface area contributed by atoms with Crippen molar-refractivity contribution in [2.24, 2.45) is 17.8 Å². The molecule has 340 valence electrons. The summed E-state index contributed by atoms with van der Waals surface area (Å²) in [5, 5.41) is 8.38. The van der Waals surface area contributed by atoms with Crippen LogP contribution in [0.2, 0.25) is 0 Å². The Labute approximate surface area is 363 Å². The fourth-order valence-corrected chi connectivity index (χ4v) is 7.31. The molecule has 1 aromatic rings. The van der Waals surface area contributed by atoms with E-state index >= 15 is 0 Å². The number of likely N-dealkylation sites (N-methyl/N-ethyl adjacent to an activating group) is 1. The summed E-state index contributed by atoms with van der Waals surface area (Å²) in [6, 6.07) is 3.27. The van der Waals surface area contributed by atoms with Gasteiger partial charge in [0.05, 0.1) is 0 Å². The number of unbranched alkanes of at least 4 members (excludes halogenated alkanes) is 2. The van der Waals surface area contributed by atoms with Crippen LogP contribution in [0.4, 0.5) is 5.69 Å². The van der Waals surface area contributed by atoms with Gasteiger partial charge >= 0.3 is 5.97 Å². The fraction of sp³-hybridized carbons (Fsp3) is 0.652. The molecule has 0 spiro atoms. The second-order valence-corrected chi connectivity index (χ2v) is 17.6. The second-order valence-electron chi connectivity index (χ2n) is 17.6. The number of amides is 7. The predicted molar refractivity (Wildman–Crippen MR) is 234 cm³/mol. The summed E-state index contributed by atoms with van der Waals surface area (Å²) in [6.45, 7) is 21.9. The highest BCUT2D eigenvalue weighted by Gasteiger charge is 2.40. The molecule has 7 amide bonds. The molecule has 1 saturated heterocycles. The maximum absolute atomic E-state index is 13.8. The summed E-state index contributed by atoms with van der Waals surface area (Å²) in [4.78, 5) is 107. The fourth-order valence-electron chi connectivity index (χ4n) is 7.31. The van der Waals surface area contributed by atoms with Crippen LogP contribution in [0, 0.1) is 17.8 Å². The zero-order valence-corrected chi connectivity index (χ0v) is 38.7. The monoisotopic (exact) mass is 853 g/mol. The van der Waals surface area contributed by atoms with Crippen LogP contribution >= 0.6 is 0 Å². The molecule has 0 bridgehead atoms. The molecular formula is C46H72N6O9. The minimum Gasteiger partial charge on any atom is -0.458 e. The van der Waals surface area contributed by atoms with E-state index in [2.05, 4.69) is 22.5 Å². The van der Waals surface area contributed by atoms with Crippen LogP contribution in [0.25, 0.3) is 0 Å². The average molecular weight is 853 g/mol. The van der Waals surface area contributed by atoms with Crippen LogP contribution in [0.5, 0.6) is 0 Å². The number of rotatable bonds is 24. The molecule has 5 atom stereocenters. The zero-order valence-electron chi connectivity index (χ0n) is 38.7. The number of esters is 1. The molecule has 1 aromatic carbocycles. The number of anilines is 1. The summed E-state index contributed by atoms with van der Waals surface area (Å²) in [7, 11) is 3.43. The summed E-state index contributed by atoms with van der Waals surface area (Å²) < 4.78 is 5.38. The van der Waals surface area contributed by atoms with Crippen LogP contribution in [0.3, 0.4) is 0 Å². The molecule has 1 aliphatic rings. The standard InChI is InChI=1S/C46H72N6O9/c1-14-40(57)61-28-33-21-22-35(24-34(33)26-45(10,15-2)51(13)39(56)27-46(11,16-3)50(12)32(9)53)48-42(58)31(8)47-43(59)41(30(6)7)49-37(54)20-18-17-19-23-52-38(55)25-36(29(4)5)44(52)60/h14,21-22,24,29-31,36,41H,1,15-20,23,25-28H2,2-13H3,(H,47,59)(H,48,58)(H,49,54)/t31-,36?,41-,45?,46?/m0/s1. The number of likely N-dealkylation sites (tertiary alicyclic amines) is 1. The Hall–Kier alpha value is -5.08. The zero-order chi connectivity index (χ0) is 46.4. The number of carbonyl (C=O) groups excluding carboxylic acids is 8. The van der Waals surface area contributed by atoms with Gasteiger partial charge in [-0.05, 0) is 88.0 Å². The molecule has 2 rings (SSSR count). The van der Waals surface area contributed by atoms with Gasteiger partial charge in [0, 0.05) is 75.6 Å². The minimum atomic E-state index is -0.987. The molecule has 0 aromatic heterocycles. The number of hydrogen-bond acceptors (Lipinski definition) is 9. The van der Waals surface area contributed by atoms with E-state index in [1.807, 2.05) is 41.5 Å². The van der Waals surface area contributed by atoms with E-state index in [0.29, 0.717) is 56.3 Å². The molecular weight excluding hydrogens is 781 g/mol. The van der Waals surface area contributed by atoms with Crippen molar-refractivity contribution in [3.8, 4) is 0 Å². The maximum Gasteiger partial charge on any atom is 0.330 e. The molecule has 15 heteroatoms.